The molecule has 3 nitrogen and oxygen atoms in total. The van der Waals surface area contributed by atoms with Gasteiger partial charge in [0.1, 0.15) is 0 Å². The highest BCUT2D eigenvalue weighted by Gasteiger charge is 2.39. The topological polar surface area (TPSA) is 38.5 Å². The zero-order valence-corrected chi connectivity index (χ0v) is 11.4. The zero-order valence-electron chi connectivity index (χ0n) is 11.4. The van der Waals surface area contributed by atoms with Gasteiger partial charge in [0.15, 0.2) is 0 Å². The van der Waals surface area contributed by atoms with E-state index in [1.165, 1.54) is 38.6 Å². The van der Waals surface area contributed by atoms with Gasteiger partial charge in [0.25, 0.3) is 0 Å². The highest BCUT2D eigenvalue weighted by atomic mass is 16.5. The molecule has 100 valence electrons. The summed E-state index contributed by atoms with van der Waals surface area (Å²) in [6.07, 6.45) is 6.72. The number of likely N-dealkylation sites (tertiary alicyclic amines) is 1. The number of hydrogen-bond donors (Lipinski definition) is 1. The quantitative estimate of drug-likeness (QED) is 0.770. The van der Waals surface area contributed by atoms with E-state index in [0.29, 0.717) is 12.1 Å². The Morgan fingerprint density at radius 2 is 2.12 bits per heavy atom. The maximum atomic E-state index is 5.98. The van der Waals surface area contributed by atoms with Gasteiger partial charge in [-0.1, -0.05) is 13.3 Å². The lowest BCUT2D eigenvalue weighted by Crippen LogP contribution is -2.53. The van der Waals surface area contributed by atoms with Crippen molar-refractivity contribution < 1.29 is 4.74 Å². The molecule has 0 radical (unpaired) electrons. The van der Waals surface area contributed by atoms with Gasteiger partial charge in [-0.25, -0.2) is 0 Å². The summed E-state index contributed by atoms with van der Waals surface area (Å²) < 4.78 is 5.42. The molecule has 3 atom stereocenters. The lowest BCUT2D eigenvalue weighted by molar-refractivity contribution is 0.0175. The van der Waals surface area contributed by atoms with Crippen LogP contribution in [0.2, 0.25) is 0 Å². The van der Waals surface area contributed by atoms with Crippen LogP contribution in [0.3, 0.4) is 0 Å². The molecule has 1 saturated heterocycles. The molecule has 3 unspecified atom stereocenters. The maximum absolute atomic E-state index is 5.98. The second kappa shape index (κ2) is 6.17. The Kier molecular flexibility index (Phi) is 4.83. The summed E-state index contributed by atoms with van der Waals surface area (Å²) in [4.78, 5) is 2.66. The summed E-state index contributed by atoms with van der Waals surface area (Å²) in [5.41, 5.74) is 5.98. The smallest absolute Gasteiger partial charge is 0.0620 e. The molecule has 1 aliphatic carbocycles. The predicted molar refractivity (Wildman–Crippen MR) is 71.0 cm³/mol. The molecular formula is C14H28N2O. The van der Waals surface area contributed by atoms with E-state index in [-0.39, 0.29) is 0 Å². The van der Waals surface area contributed by atoms with Gasteiger partial charge in [-0.3, -0.25) is 4.90 Å². The molecule has 3 heteroatoms. The third-order valence-corrected chi connectivity index (χ3v) is 4.65. The van der Waals surface area contributed by atoms with Crippen molar-refractivity contribution in [3.63, 3.8) is 0 Å². The van der Waals surface area contributed by atoms with Crippen LogP contribution in [0.4, 0.5) is 0 Å². The average molecular weight is 240 g/mol. The molecule has 0 bridgehead atoms. The Balaban J connectivity index is 1.97. The van der Waals surface area contributed by atoms with Gasteiger partial charge in [-0.2, -0.15) is 0 Å². The van der Waals surface area contributed by atoms with Gasteiger partial charge in [-0.15, -0.1) is 0 Å². The number of nitrogens with two attached hydrogens (primary N) is 1. The first-order valence-corrected chi connectivity index (χ1v) is 7.24. The van der Waals surface area contributed by atoms with Gasteiger partial charge in [-0.05, 0) is 44.1 Å². The van der Waals surface area contributed by atoms with E-state index in [1.54, 1.807) is 0 Å². The van der Waals surface area contributed by atoms with E-state index in [1.807, 2.05) is 7.11 Å². The van der Waals surface area contributed by atoms with Gasteiger partial charge in [0.05, 0.1) is 6.61 Å². The SMILES string of the molecule is CCC1CCN(C(COC)C2CC2)C(CN)C1. The Morgan fingerprint density at radius 1 is 1.35 bits per heavy atom. The van der Waals surface area contributed by atoms with Crippen LogP contribution >= 0.6 is 0 Å². The van der Waals surface area contributed by atoms with Crippen LogP contribution in [0.15, 0.2) is 0 Å². The molecule has 0 aromatic heterocycles. The molecule has 0 aromatic carbocycles. The summed E-state index contributed by atoms with van der Waals surface area (Å²) in [6, 6.07) is 1.22. The Morgan fingerprint density at radius 3 is 2.65 bits per heavy atom. The van der Waals surface area contributed by atoms with E-state index >= 15 is 0 Å². The van der Waals surface area contributed by atoms with Crippen molar-refractivity contribution in [3.8, 4) is 0 Å². The minimum Gasteiger partial charge on any atom is -0.383 e. The molecule has 17 heavy (non-hydrogen) atoms. The lowest BCUT2D eigenvalue weighted by Gasteiger charge is -2.43. The van der Waals surface area contributed by atoms with Gasteiger partial charge < -0.3 is 10.5 Å². The Labute approximate surface area is 106 Å². The first kappa shape index (κ1) is 13.3. The fourth-order valence-corrected chi connectivity index (χ4v) is 3.35. The van der Waals surface area contributed by atoms with Crippen LogP contribution < -0.4 is 5.73 Å². The van der Waals surface area contributed by atoms with Crippen molar-refractivity contribution in [2.75, 3.05) is 26.8 Å². The molecule has 1 saturated carbocycles. The van der Waals surface area contributed by atoms with E-state index < -0.39 is 0 Å². The number of nitrogens with zero attached hydrogens (tertiary/aromatic N) is 1. The Bertz CT molecular complexity index is 230. The van der Waals surface area contributed by atoms with Crippen molar-refractivity contribution in [2.45, 2.75) is 51.1 Å². The fourth-order valence-electron chi connectivity index (χ4n) is 3.35. The molecule has 2 rings (SSSR count). The van der Waals surface area contributed by atoms with Crippen LogP contribution in [0.5, 0.6) is 0 Å². The molecule has 0 amide bonds. The molecule has 2 N–H and O–H groups in total. The third-order valence-electron chi connectivity index (χ3n) is 4.65. The molecule has 2 aliphatic rings. The highest BCUT2D eigenvalue weighted by Crippen LogP contribution is 2.38. The fraction of sp³-hybridized carbons (Fsp3) is 1.00. The van der Waals surface area contributed by atoms with Crippen molar-refractivity contribution in [1.82, 2.24) is 4.90 Å². The van der Waals surface area contributed by atoms with Crippen molar-refractivity contribution in [1.29, 1.82) is 0 Å². The normalized spacial score (nSPS) is 32.6. The van der Waals surface area contributed by atoms with Crippen LogP contribution in [-0.4, -0.2) is 43.8 Å². The molecular weight excluding hydrogens is 212 g/mol. The lowest BCUT2D eigenvalue weighted by atomic mass is 9.87. The average Bonchev–Trinajstić information content (AvgIpc) is 3.19. The van der Waals surface area contributed by atoms with Crippen molar-refractivity contribution in [3.05, 3.63) is 0 Å². The van der Waals surface area contributed by atoms with Crippen LogP contribution in [-0.2, 0) is 4.74 Å². The second-order valence-electron chi connectivity index (χ2n) is 5.79. The molecule has 1 heterocycles. The minimum absolute atomic E-state index is 0.592. The van der Waals surface area contributed by atoms with E-state index in [0.717, 1.165) is 25.0 Å². The van der Waals surface area contributed by atoms with Crippen molar-refractivity contribution in [2.24, 2.45) is 17.6 Å². The van der Waals surface area contributed by atoms with Gasteiger partial charge in [0, 0.05) is 25.7 Å². The standard InChI is InChI=1S/C14H28N2O/c1-3-11-6-7-16(13(8-11)9-15)14(10-17-2)12-4-5-12/h11-14H,3-10,15H2,1-2H3. The van der Waals surface area contributed by atoms with Gasteiger partial charge in [0.2, 0.25) is 0 Å². The number of ether oxygens (including phenoxy) is 1. The minimum atomic E-state index is 0.592. The number of rotatable bonds is 6. The molecule has 0 spiro atoms. The summed E-state index contributed by atoms with van der Waals surface area (Å²) >= 11 is 0. The largest absolute Gasteiger partial charge is 0.383 e. The molecule has 1 aliphatic heterocycles. The summed E-state index contributed by atoms with van der Waals surface area (Å²) in [5, 5.41) is 0. The van der Waals surface area contributed by atoms with Crippen molar-refractivity contribution >= 4 is 0 Å². The predicted octanol–water partition coefficient (Wildman–Crippen LogP) is 1.86. The zero-order chi connectivity index (χ0) is 12.3. The first-order chi connectivity index (χ1) is 8.30. The second-order valence-corrected chi connectivity index (χ2v) is 5.79. The summed E-state index contributed by atoms with van der Waals surface area (Å²) in [5.74, 6) is 1.77. The third kappa shape index (κ3) is 3.21. The molecule has 0 aromatic rings. The summed E-state index contributed by atoms with van der Waals surface area (Å²) in [6.45, 7) is 5.23. The van der Waals surface area contributed by atoms with E-state index in [2.05, 4.69) is 11.8 Å². The molecule has 2 fully saturated rings. The number of methoxy groups -OCH3 is 1. The number of piperidine rings is 1. The van der Waals surface area contributed by atoms with Gasteiger partial charge >= 0.3 is 0 Å². The summed E-state index contributed by atoms with van der Waals surface area (Å²) in [7, 11) is 1.83. The first-order valence-electron chi connectivity index (χ1n) is 7.24. The van der Waals surface area contributed by atoms with E-state index in [4.69, 9.17) is 10.5 Å². The van der Waals surface area contributed by atoms with Crippen LogP contribution in [0.25, 0.3) is 0 Å². The maximum Gasteiger partial charge on any atom is 0.0620 e. The van der Waals surface area contributed by atoms with Crippen LogP contribution in [0, 0.1) is 11.8 Å². The van der Waals surface area contributed by atoms with E-state index in [9.17, 15) is 0 Å². The highest BCUT2D eigenvalue weighted by molar-refractivity contribution is 4.93. The number of hydrogen-bond acceptors (Lipinski definition) is 3. The Hall–Kier alpha value is -0.120. The van der Waals surface area contributed by atoms with Crippen LogP contribution in [0.1, 0.15) is 39.0 Å². The monoisotopic (exact) mass is 240 g/mol.